The lowest BCUT2D eigenvalue weighted by Crippen LogP contribution is -2.50. The third-order valence-corrected chi connectivity index (χ3v) is 3.70. The first-order valence-corrected chi connectivity index (χ1v) is 5.56. The Morgan fingerprint density at radius 2 is 1.71 bits per heavy atom. The van der Waals surface area contributed by atoms with E-state index in [9.17, 15) is 21.6 Å². The van der Waals surface area contributed by atoms with Gasteiger partial charge in [-0.3, -0.25) is 0 Å². The van der Waals surface area contributed by atoms with Crippen LogP contribution in [-0.4, -0.2) is 25.6 Å². The van der Waals surface area contributed by atoms with Gasteiger partial charge in [0.05, 0.1) is 0 Å². The van der Waals surface area contributed by atoms with Crippen molar-refractivity contribution in [2.75, 3.05) is 6.26 Å². The molecule has 14 heavy (non-hydrogen) atoms. The first-order chi connectivity index (χ1) is 6.21. The first kappa shape index (κ1) is 11.3. The summed E-state index contributed by atoms with van der Waals surface area (Å²) in [6.07, 6.45) is 0.519. The van der Waals surface area contributed by atoms with E-state index < -0.39 is 20.8 Å². The van der Waals surface area contributed by atoms with Gasteiger partial charge in [-0.25, -0.2) is 8.42 Å². The Balaban J connectivity index is 3.32. The van der Waals surface area contributed by atoms with Crippen LogP contribution in [0.25, 0.3) is 0 Å². The molecule has 0 saturated heterocycles. The average Bonchev–Trinajstić information content (AvgIpc) is 2.02. The van der Waals surface area contributed by atoms with Crippen molar-refractivity contribution in [2.45, 2.75) is 10.9 Å². The van der Waals surface area contributed by atoms with Gasteiger partial charge in [-0.2, -0.15) is 13.2 Å². The molecule has 1 rings (SSSR count). The minimum Gasteiger partial charge on any atom is -0.228 e. The van der Waals surface area contributed by atoms with Crippen LogP contribution in [0.1, 0.15) is 0 Å². The van der Waals surface area contributed by atoms with Crippen LogP contribution in [0.2, 0.25) is 0 Å². The lowest BCUT2D eigenvalue weighted by molar-refractivity contribution is -0.141. The number of hydrogen-bond donors (Lipinski definition) is 0. The van der Waals surface area contributed by atoms with Crippen LogP contribution in [0, 0.1) is 6.42 Å². The Bertz CT molecular complexity index is 378. The molecule has 0 amide bonds. The molecular weight excluding hydrogens is 217 g/mol. The Kier molecular flexibility index (Phi) is 2.51. The summed E-state index contributed by atoms with van der Waals surface area (Å²) in [5.41, 5.74) is 0. The van der Waals surface area contributed by atoms with Crippen molar-refractivity contribution in [2.24, 2.45) is 0 Å². The average molecular weight is 225 g/mol. The van der Waals surface area contributed by atoms with Crippen LogP contribution in [0.5, 0.6) is 0 Å². The molecule has 1 unspecified atom stereocenters. The molecule has 0 N–H and O–H groups in total. The highest BCUT2D eigenvalue weighted by Crippen LogP contribution is 2.41. The predicted molar refractivity (Wildman–Crippen MR) is 46.2 cm³/mol. The number of alkyl halides is 3. The monoisotopic (exact) mass is 225 g/mol. The van der Waals surface area contributed by atoms with Gasteiger partial charge in [0.1, 0.15) is 0 Å². The fraction of sp³-hybridized carbons (Fsp3) is 0.375. The maximum atomic E-state index is 12.6. The number of hydrogen-bond acceptors (Lipinski definition) is 2. The molecule has 0 aromatic heterocycles. The third kappa shape index (κ3) is 1.58. The molecule has 0 aliphatic heterocycles. The second kappa shape index (κ2) is 3.12. The SMILES string of the molecule is CS(=O)(=O)C1(C(F)(F)F)[CH]C=CC=C1. The molecule has 0 aromatic carbocycles. The lowest BCUT2D eigenvalue weighted by Gasteiger charge is -2.30. The van der Waals surface area contributed by atoms with E-state index in [4.69, 9.17) is 0 Å². The van der Waals surface area contributed by atoms with Crippen molar-refractivity contribution in [3.05, 3.63) is 30.7 Å². The number of sulfone groups is 1. The van der Waals surface area contributed by atoms with Crippen LogP contribution in [0.15, 0.2) is 24.3 Å². The van der Waals surface area contributed by atoms with Crippen molar-refractivity contribution in [1.82, 2.24) is 0 Å². The van der Waals surface area contributed by atoms with Crippen molar-refractivity contribution in [3.8, 4) is 0 Å². The molecule has 0 saturated carbocycles. The van der Waals surface area contributed by atoms with E-state index in [1.54, 1.807) is 0 Å². The molecule has 1 radical (unpaired) electrons. The van der Waals surface area contributed by atoms with Crippen molar-refractivity contribution < 1.29 is 21.6 Å². The quantitative estimate of drug-likeness (QED) is 0.680. The molecular formula is C8H8F3O2S. The fourth-order valence-corrected chi connectivity index (χ4v) is 2.24. The van der Waals surface area contributed by atoms with E-state index >= 15 is 0 Å². The van der Waals surface area contributed by atoms with Crippen molar-refractivity contribution in [3.63, 3.8) is 0 Å². The van der Waals surface area contributed by atoms with Crippen LogP contribution < -0.4 is 0 Å². The van der Waals surface area contributed by atoms with Gasteiger partial charge in [-0.1, -0.05) is 24.3 Å². The van der Waals surface area contributed by atoms with Gasteiger partial charge in [-0.05, 0) is 0 Å². The van der Waals surface area contributed by atoms with Crippen LogP contribution >= 0.6 is 0 Å². The van der Waals surface area contributed by atoms with Gasteiger partial charge < -0.3 is 0 Å². The van der Waals surface area contributed by atoms with Gasteiger partial charge in [0.15, 0.2) is 14.6 Å². The van der Waals surface area contributed by atoms with Gasteiger partial charge in [0, 0.05) is 12.7 Å². The molecule has 6 heteroatoms. The third-order valence-electron chi connectivity index (χ3n) is 1.97. The zero-order valence-corrected chi connectivity index (χ0v) is 8.06. The second-order valence-corrected chi connectivity index (χ2v) is 5.19. The molecule has 0 heterocycles. The summed E-state index contributed by atoms with van der Waals surface area (Å²) in [7, 11) is -4.26. The molecule has 1 aliphatic carbocycles. The molecule has 0 bridgehead atoms. The molecule has 0 aromatic rings. The largest absolute Gasteiger partial charge is 0.412 e. The zero-order chi connectivity index (χ0) is 11.0. The van der Waals surface area contributed by atoms with Gasteiger partial charge >= 0.3 is 6.18 Å². The van der Waals surface area contributed by atoms with E-state index in [-0.39, 0.29) is 0 Å². The van der Waals surface area contributed by atoms with E-state index in [1.165, 1.54) is 6.08 Å². The Labute approximate surface area is 80.0 Å². The van der Waals surface area contributed by atoms with Crippen molar-refractivity contribution >= 4 is 9.84 Å². The zero-order valence-electron chi connectivity index (χ0n) is 7.25. The molecule has 1 atom stereocenters. The Morgan fingerprint density at radius 1 is 1.14 bits per heavy atom. The predicted octanol–water partition coefficient (Wildman–Crippen LogP) is 1.66. The van der Waals surface area contributed by atoms with Crippen LogP contribution in [0.4, 0.5) is 13.2 Å². The summed E-state index contributed by atoms with van der Waals surface area (Å²) in [5.74, 6) is 0. The highest BCUT2D eigenvalue weighted by molar-refractivity contribution is 7.92. The van der Waals surface area contributed by atoms with Gasteiger partial charge in [-0.15, -0.1) is 0 Å². The standard InChI is InChI=1S/C8H8F3O2S/c1-14(12,13)7(8(9,10)11)5-3-2-4-6-7/h2-6H,1H3. The van der Waals surface area contributed by atoms with Crippen LogP contribution in [-0.2, 0) is 9.84 Å². The van der Waals surface area contributed by atoms with Gasteiger partial charge in [0.25, 0.3) is 0 Å². The summed E-state index contributed by atoms with van der Waals surface area (Å²) in [6.45, 7) is 0. The van der Waals surface area contributed by atoms with Gasteiger partial charge in [0.2, 0.25) is 0 Å². The minimum absolute atomic E-state index is 0.570. The Hall–Kier alpha value is -0.780. The summed E-state index contributed by atoms with van der Waals surface area (Å²) in [5, 5.41) is 0. The van der Waals surface area contributed by atoms with Crippen molar-refractivity contribution in [1.29, 1.82) is 0 Å². The molecule has 0 spiro atoms. The molecule has 1 aliphatic rings. The maximum absolute atomic E-state index is 12.6. The highest BCUT2D eigenvalue weighted by atomic mass is 32.2. The number of allylic oxidation sites excluding steroid dienone is 3. The van der Waals surface area contributed by atoms with E-state index in [0.717, 1.165) is 12.2 Å². The second-order valence-electron chi connectivity index (χ2n) is 2.97. The summed E-state index contributed by atoms with van der Waals surface area (Å²) in [6, 6.07) is 0. The summed E-state index contributed by atoms with van der Waals surface area (Å²) >= 11 is 0. The lowest BCUT2D eigenvalue weighted by atomic mass is 9.99. The number of halogens is 3. The summed E-state index contributed by atoms with van der Waals surface area (Å²) < 4.78 is 57.2. The van der Waals surface area contributed by atoms with E-state index in [0.29, 0.717) is 18.8 Å². The number of rotatable bonds is 1. The molecule has 79 valence electrons. The highest BCUT2D eigenvalue weighted by Gasteiger charge is 2.60. The summed E-state index contributed by atoms with van der Waals surface area (Å²) in [4.78, 5) is 0. The minimum atomic E-state index is -4.83. The first-order valence-electron chi connectivity index (χ1n) is 3.67. The Morgan fingerprint density at radius 3 is 1.93 bits per heavy atom. The maximum Gasteiger partial charge on any atom is 0.412 e. The normalized spacial score (nSPS) is 28.0. The fourth-order valence-electron chi connectivity index (χ4n) is 1.16. The van der Waals surface area contributed by atoms with Crippen LogP contribution in [0.3, 0.4) is 0 Å². The van der Waals surface area contributed by atoms with E-state index in [2.05, 4.69) is 0 Å². The molecule has 0 fully saturated rings. The molecule has 2 nitrogen and oxygen atoms in total. The van der Waals surface area contributed by atoms with E-state index in [1.807, 2.05) is 0 Å². The topological polar surface area (TPSA) is 34.1 Å². The smallest absolute Gasteiger partial charge is 0.228 e.